The molecule has 1 atom stereocenters. The Kier molecular flexibility index (Phi) is 1.53. The van der Waals surface area contributed by atoms with Crippen LogP contribution in [-0.4, -0.2) is 24.1 Å². The monoisotopic (exact) mass is 128 g/mol. The highest BCUT2D eigenvalue weighted by Crippen LogP contribution is 2.15. The Morgan fingerprint density at radius 2 is 2.56 bits per heavy atom. The van der Waals surface area contributed by atoms with Crippen LogP contribution in [0.5, 0.6) is 0 Å². The first-order valence-electron chi connectivity index (χ1n) is 2.70. The van der Waals surface area contributed by atoms with E-state index in [2.05, 4.69) is 4.74 Å². The van der Waals surface area contributed by atoms with Gasteiger partial charge in [0.25, 0.3) is 0 Å². The summed E-state index contributed by atoms with van der Waals surface area (Å²) in [5, 5.41) is 8.95. The predicted molar refractivity (Wildman–Crippen MR) is 30.7 cm³/mol. The maximum absolute atomic E-state index is 10.5. The zero-order chi connectivity index (χ0) is 6.85. The van der Waals surface area contributed by atoms with Crippen LogP contribution in [0.25, 0.3) is 0 Å². The first-order chi connectivity index (χ1) is 4.24. The predicted octanol–water partition coefficient (Wildman–Crippen LogP) is -0.150. The minimum absolute atomic E-state index is 0.0700. The minimum atomic E-state index is -0.706. The summed E-state index contributed by atoms with van der Waals surface area (Å²) >= 11 is 0. The Labute approximate surface area is 52.9 Å². The molecule has 3 nitrogen and oxygen atoms in total. The van der Waals surface area contributed by atoms with Gasteiger partial charge < -0.3 is 9.84 Å². The molecule has 3 heteroatoms. The van der Waals surface area contributed by atoms with E-state index in [0.717, 1.165) is 0 Å². The van der Waals surface area contributed by atoms with Gasteiger partial charge in [0.15, 0.2) is 5.78 Å². The Balaban J connectivity index is 2.68. The Morgan fingerprint density at radius 1 is 1.89 bits per heavy atom. The van der Waals surface area contributed by atoms with E-state index in [9.17, 15) is 4.79 Å². The molecule has 0 fully saturated rings. The number of ether oxygens (including phenoxy) is 1. The number of methoxy groups -OCH3 is 1. The molecule has 0 aromatic rings. The summed E-state index contributed by atoms with van der Waals surface area (Å²) in [5.74, 6) is 0.305. The standard InChI is InChI=1S/C6H8O3/c1-9-6-3-4(7)2-5(6)8/h3,5,8H,2H2,1H3. The Bertz CT molecular complexity index is 160. The molecule has 1 aliphatic rings. The summed E-state index contributed by atoms with van der Waals surface area (Å²) in [4.78, 5) is 10.5. The number of carbonyl (C=O) groups is 1. The van der Waals surface area contributed by atoms with Crippen molar-refractivity contribution >= 4 is 5.78 Å². The molecular weight excluding hydrogens is 120 g/mol. The molecule has 0 heterocycles. The van der Waals surface area contributed by atoms with E-state index >= 15 is 0 Å². The molecule has 0 spiro atoms. The van der Waals surface area contributed by atoms with Gasteiger partial charge in [-0.1, -0.05) is 0 Å². The van der Waals surface area contributed by atoms with E-state index in [1.807, 2.05) is 0 Å². The molecule has 0 saturated carbocycles. The van der Waals surface area contributed by atoms with Gasteiger partial charge in [0.2, 0.25) is 0 Å². The fraction of sp³-hybridized carbons (Fsp3) is 0.500. The molecule has 0 saturated heterocycles. The van der Waals surface area contributed by atoms with Crippen molar-refractivity contribution in [2.45, 2.75) is 12.5 Å². The summed E-state index contributed by atoms with van der Waals surface area (Å²) in [6.07, 6.45) is 0.788. The van der Waals surface area contributed by atoms with Crippen molar-refractivity contribution in [1.29, 1.82) is 0 Å². The van der Waals surface area contributed by atoms with Crippen molar-refractivity contribution in [2.24, 2.45) is 0 Å². The molecule has 0 aromatic carbocycles. The molecule has 0 aliphatic heterocycles. The number of rotatable bonds is 1. The molecule has 1 rings (SSSR count). The second-order valence-electron chi connectivity index (χ2n) is 1.94. The van der Waals surface area contributed by atoms with Crippen LogP contribution in [-0.2, 0) is 9.53 Å². The van der Waals surface area contributed by atoms with Gasteiger partial charge >= 0.3 is 0 Å². The van der Waals surface area contributed by atoms with E-state index in [0.29, 0.717) is 5.76 Å². The topological polar surface area (TPSA) is 46.5 Å². The van der Waals surface area contributed by atoms with E-state index in [1.54, 1.807) is 0 Å². The van der Waals surface area contributed by atoms with Gasteiger partial charge in [0.05, 0.1) is 7.11 Å². The zero-order valence-corrected chi connectivity index (χ0v) is 5.13. The van der Waals surface area contributed by atoms with E-state index < -0.39 is 6.10 Å². The van der Waals surface area contributed by atoms with Crippen LogP contribution in [0.3, 0.4) is 0 Å². The second-order valence-corrected chi connectivity index (χ2v) is 1.94. The van der Waals surface area contributed by atoms with E-state index in [1.165, 1.54) is 13.2 Å². The Hall–Kier alpha value is -0.830. The van der Waals surface area contributed by atoms with E-state index in [4.69, 9.17) is 5.11 Å². The van der Waals surface area contributed by atoms with Gasteiger partial charge in [-0.25, -0.2) is 0 Å². The van der Waals surface area contributed by atoms with Gasteiger partial charge in [-0.3, -0.25) is 4.79 Å². The molecule has 50 valence electrons. The van der Waals surface area contributed by atoms with Crippen LogP contribution in [0.1, 0.15) is 6.42 Å². The van der Waals surface area contributed by atoms with Crippen molar-refractivity contribution in [3.05, 3.63) is 11.8 Å². The van der Waals surface area contributed by atoms with Crippen LogP contribution in [0.2, 0.25) is 0 Å². The van der Waals surface area contributed by atoms with Crippen molar-refractivity contribution in [1.82, 2.24) is 0 Å². The number of aliphatic hydroxyl groups excluding tert-OH is 1. The molecule has 0 radical (unpaired) electrons. The number of hydrogen-bond acceptors (Lipinski definition) is 3. The summed E-state index contributed by atoms with van der Waals surface area (Å²) < 4.78 is 4.68. The summed E-state index contributed by atoms with van der Waals surface area (Å²) in [5.41, 5.74) is 0. The largest absolute Gasteiger partial charge is 0.498 e. The number of hydrogen-bond donors (Lipinski definition) is 1. The van der Waals surface area contributed by atoms with Gasteiger partial charge in [-0.2, -0.15) is 0 Å². The third-order valence-corrected chi connectivity index (χ3v) is 1.26. The number of carbonyl (C=O) groups excluding carboxylic acids is 1. The van der Waals surface area contributed by atoms with Crippen LogP contribution in [0.15, 0.2) is 11.8 Å². The first kappa shape index (κ1) is 6.29. The lowest BCUT2D eigenvalue weighted by atomic mass is 10.3. The lowest BCUT2D eigenvalue weighted by molar-refractivity contribution is -0.115. The number of aliphatic hydroxyl groups is 1. The van der Waals surface area contributed by atoms with Gasteiger partial charge in [-0.15, -0.1) is 0 Å². The highest BCUT2D eigenvalue weighted by molar-refractivity contribution is 5.93. The minimum Gasteiger partial charge on any atom is -0.498 e. The highest BCUT2D eigenvalue weighted by atomic mass is 16.5. The van der Waals surface area contributed by atoms with Crippen molar-refractivity contribution in [3.63, 3.8) is 0 Å². The smallest absolute Gasteiger partial charge is 0.162 e. The number of ketones is 1. The molecule has 9 heavy (non-hydrogen) atoms. The molecule has 0 aromatic heterocycles. The summed E-state index contributed by atoms with van der Waals surface area (Å²) in [6, 6.07) is 0. The van der Waals surface area contributed by atoms with Gasteiger partial charge in [-0.05, 0) is 0 Å². The van der Waals surface area contributed by atoms with Crippen LogP contribution >= 0.6 is 0 Å². The molecule has 0 amide bonds. The average molecular weight is 128 g/mol. The SMILES string of the molecule is COC1=CC(=O)CC1O. The third kappa shape index (κ3) is 1.10. The normalized spacial score (nSPS) is 26.2. The van der Waals surface area contributed by atoms with E-state index in [-0.39, 0.29) is 12.2 Å². The molecular formula is C6H8O3. The quantitative estimate of drug-likeness (QED) is 0.534. The number of allylic oxidation sites excluding steroid dienone is 1. The maximum Gasteiger partial charge on any atom is 0.162 e. The molecule has 1 aliphatic carbocycles. The highest BCUT2D eigenvalue weighted by Gasteiger charge is 2.22. The maximum atomic E-state index is 10.5. The average Bonchev–Trinajstić information content (AvgIpc) is 2.10. The molecule has 0 bridgehead atoms. The fourth-order valence-electron chi connectivity index (χ4n) is 0.800. The summed E-state index contributed by atoms with van der Waals surface area (Å²) in [7, 11) is 1.44. The lowest BCUT2D eigenvalue weighted by Gasteiger charge is -2.03. The van der Waals surface area contributed by atoms with Crippen molar-refractivity contribution in [3.8, 4) is 0 Å². The lowest BCUT2D eigenvalue weighted by Crippen LogP contribution is -2.06. The zero-order valence-electron chi connectivity index (χ0n) is 5.13. The van der Waals surface area contributed by atoms with Crippen LogP contribution in [0, 0.1) is 0 Å². The summed E-state index contributed by atoms with van der Waals surface area (Å²) in [6.45, 7) is 0. The van der Waals surface area contributed by atoms with Crippen LogP contribution < -0.4 is 0 Å². The Morgan fingerprint density at radius 3 is 2.78 bits per heavy atom. The first-order valence-corrected chi connectivity index (χ1v) is 2.70. The van der Waals surface area contributed by atoms with Crippen molar-refractivity contribution < 1.29 is 14.6 Å². The van der Waals surface area contributed by atoms with Crippen molar-refractivity contribution in [2.75, 3.05) is 7.11 Å². The van der Waals surface area contributed by atoms with Crippen LogP contribution in [0.4, 0.5) is 0 Å². The fourth-order valence-corrected chi connectivity index (χ4v) is 0.800. The molecule has 1 N–H and O–H groups in total. The second kappa shape index (κ2) is 2.19. The van der Waals surface area contributed by atoms with Gasteiger partial charge in [0.1, 0.15) is 11.9 Å². The third-order valence-electron chi connectivity index (χ3n) is 1.26. The van der Waals surface area contributed by atoms with Gasteiger partial charge in [0, 0.05) is 12.5 Å². The molecule has 1 unspecified atom stereocenters.